The third-order valence-corrected chi connectivity index (χ3v) is 1.91. The number of benzene rings is 1. The number of methoxy groups -OCH3 is 1. The van der Waals surface area contributed by atoms with Crippen molar-refractivity contribution in [3.63, 3.8) is 0 Å². The standard InChI is InChI=1S/C10H12F2O2/c1-10(2,13)6-4-5-7(11)9(14-3)8(6)12/h4-5,13H,1-3H3. The van der Waals surface area contributed by atoms with E-state index in [1.54, 1.807) is 0 Å². The van der Waals surface area contributed by atoms with Gasteiger partial charge in [0.2, 0.25) is 0 Å². The molecule has 14 heavy (non-hydrogen) atoms. The molecular weight excluding hydrogens is 190 g/mol. The Bertz CT molecular complexity index is 343. The monoisotopic (exact) mass is 202 g/mol. The fraction of sp³-hybridized carbons (Fsp3) is 0.400. The summed E-state index contributed by atoms with van der Waals surface area (Å²) in [6.45, 7) is 2.84. The largest absolute Gasteiger partial charge is 0.491 e. The van der Waals surface area contributed by atoms with Crippen LogP contribution in [-0.2, 0) is 5.60 Å². The van der Waals surface area contributed by atoms with E-state index in [0.717, 1.165) is 6.07 Å². The summed E-state index contributed by atoms with van der Waals surface area (Å²) in [5.74, 6) is -2.11. The third-order valence-electron chi connectivity index (χ3n) is 1.91. The maximum atomic E-state index is 13.5. The molecule has 0 saturated heterocycles. The molecule has 1 aromatic rings. The minimum Gasteiger partial charge on any atom is -0.491 e. The first-order valence-corrected chi connectivity index (χ1v) is 4.12. The second kappa shape index (κ2) is 3.53. The van der Waals surface area contributed by atoms with E-state index in [4.69, 9.17) is 0 Å². The minimum absolute atomic E-state index is 0.00995. The molecule has 0 bridgehead atoms. The van der Waals surface area contributed by atoms with E-state index in [0.29, 0.717) is 0 Å². The zero-order valence-electron chi connectivity index (χ0n) is 8.27. The summed E-state index contributed by atoms with van der Waals surface area (Å²) in [7, 11) is 1.18. The molecule has 2 nitrogen and oxygen atoms in total. The number of aliphatic hydroxyl groups is 1. The van der Waals surface area contributed by atoms with Crippen molar-refractivity contribution in [2.24, 2.45) is 0 Å². The van der Waals surface area contributed by atoms with Crippen LogP contribution in [0.5, 0.6) is 5.75 Å². The summed E-state index contributed by atoms with van der Waals surface area (Å²) >= 11 is 0. The Labute approximate surface area is 81.1 Å². The van der Waals surface area contributed by atoms with Gasteiger partial charge in [-0.15, -0.1) is 0 Å². The molecule has 0 heterocycles. The summed E-state index contributed by atoms with van der Waals surface area (Å²) in [6, 6.07) is 2.27. The highest BCUT2D eigenvalue weighted by Gasteiger charge is 2.24. The second-order valence-electron chi connectivity index (χ2n) is 3.50. The molecule has 0 radical (unpaired) electrons. The lowest BCUT2D eigenvalue weighted by molar-refractivity contribution is 0.0737. The van der Waals surface area contributed by atoms with E-state index < -0.39 is 23.0 Å². The van der Waals surface area contributed by atoms with Crippen LogP contribution in [-0.4, -0.2) is 12.2 Å². The van der Waals surface area contributed by atoms with E-state index in [9.17, 15) is 13.9 Å². The molecule has 0 unspecified atom stereocenters. The van der Waals surface area contributed by atoms with Gasteiger partial charge in [0, 0.05) is 5.56 Å². The number of halogens is 2. The third kappa shape index (κ3) is 1.85. The Morgan fingerprint density at radius 1 is 1.29 bits per heavy atom. The van der Waals surface area contributed by atoms with Crippen molar-refractivity contribution in [2.45, 2.75) is 19.4 Å². The van der Waals surface area contributed by atoms with Gasteiger partial charge in [0.15, 0.2) is 17.4 Å². The number of hydrogen-bond acceptors (Lipinski definition) is 2. The van der Waals surface area contributed by atoms with Gasteiger partial charge >= 0.3 is 0 Å². The highest BCUT2D eigenvalue weighted by atomic mass is 19.1. The smallest absolute Gasteiger partial charge is 0.190 e. The Morgan fingerprint density at radius 3 is 2.29 bits per heavy atom. The predicted octanol–water partition coefficient (Wildman–Crippen LogP) is 2.20. The van der Waals surface area contributed by atoms with Gasteiger partial charge in [-0.3, -0.25) is 0 Å². The highest BCUT2D eigenvalue weighted by Crippen LogP contribution is 2.30. The van der Waals surface area contributed by atoms with E-state index in [1.165, 1.54) is 27.0 Å². The lowest BCUT2D eigenvalue weighted by Crippen LogP contribution is -2.18. The van der Waals surface area contributed by atoms with Crippen molar-refractivity contribution >= 4 is 0 Å². The van der Waals surface area contributed by atoms with Crippen molar-refractivity contribution in [1.29, 1.82) is 0 Å². The normalized spacial score (nSPS) is 11.6. The molecule has 78 valence electrons. The van der Waals surface area contributed by atoms with Crippen LogP contribution >= 0.6 is 0 Å². The maximum absolute atomic E-state index is 13.5. The Balaban J connectivity index is 3.36. The van der Waals surface area contributed by atoms with E-state index >= 15 is 0 Å². The molecule has 1 N–H and O–H groups in total. The highest BCUT2D eigenvalue weighted by molar-refractivity contribution is 5.35. The molecule has 0 aromatic heterocycles. The van der Waals surface area contributed by atoms with Gasteiger partial charge in [0.25, 0.3) is 0 Å². The Hall–Kier alpha value is -1.16. The first kappa shape index (κ1) is 10.9. The molecule has 0 aliphatic rings. The Morgan fingerprint density at radius 2 is 1.86 bits per heavy atom. The van der Waals surface area contributed by atoms with Crippen LogP contribution in [0.2, 0.25) is 0 Å². The molecule has 0 spiro atoms. The molecule has 0 saturated carbocycles. The van der Waals surface area contributed by atoms with Crippen LogP contribution in [0.4, 0.5) is 8.78 Å². The first-order chi connectivity index (χ1) is 6.38. The lowest BCUT2D eigenvalue weighted by Gasteiger charge is -2.19. The quantitative estimate of drug-likeness (QED) is 0.796. The Kier molecular flexibility index (Phi) is 2.76. The van der Waals surface area contributed by atoms with Gasteiger partial charge in [-0.05, 0) is 19.9 Å². The van der Waals surface area contributed by atoms with Gasteiger partial charge < -0.3 is 9.84 Å². The molecule has 0 atom stereocenters. The molecule has 4 heteroatoms. The van der Waals surface area contributed by atoms with Crippen LogP contribution in [0.1, 0.15) is 19.4 Å². The summed E-state index contributed by atoms with van der Waals surface area (Å²) < 4.78 is 31.0. The number of rotatable bonds is 2. The molecular formula is C10H12F2O2. The average molecular weight is 202 g/mol. The SMILES string of the molecule is COc1c(F)ccc(C(C)(C)O)c1F. The van der Waals surface area contributed by atoms with Crippen LogP contribution in [0.25, 0.3) is 0 Å². The molecule has 0 aliphatic carbocycles. The van der Waals surface area contributed by atoms with Crippen LogP contribution < -0.4 is 4.74 Å². The van der Waals surface area contributed by atoms with Gasteiger partial charge in [-0.2, -0.15) is 0 Å². The van der Waals surface area contributed by atoms with Crippen LogP contribution in [0, 0.1) is 11.6 Å². The van der Waals surface area contributed by atoms with E-state index in [2.05, 4.69) is 4.74 Å². The number of hydrogen-bond donors (Lipinski definition) is 1. The molecule has 0 amide bonds. The van der Waals surface area contributed by atoms with Gasteiger partial charge in [-0.1, -0.05) is 6.07 Å². The lowest BCUT2D eigenvalue weighted by atomic mass is 9.97. The topological polar surface area (TPSA) is 29.5 Å². The van der Waals surface area contributed by atoms with Gasteiger partial charge in [0.05, 0.1) is 12.7 Å². The molecule has 0 fully saturated rings. The molecule has 1 aromatic carbocycles. The average Bonchev–Trinajstić information content (AvgIpc) is 2.02. The zero-order valence-corrected chi connectivity index (χ0v) is 8.27. The van der Waals surface area contributed by atoms with Gasteiger partial charge in [-0.25, -0.2) is 8.78 Å². The van der Waals surface area contributed by atoms with Crippen LogP contribution in [0.3, 0.4) is 0 Å². The van der Waals surface area contributed by atoms with Crippen LogP contribution in [0.15, 0.2) is 12.1 Å². The molecule has 1 rings (SSSR count). The molecule has 0 aliphatic heterocycles. The second-order valence-corrected chi connectivity index (χ2v) is 3.50. The van der Waals surface area contributed by atoms with Crippen molar-refractivity contribution in [3.05, 3.63) is 29.3 Å². The zero-order chi connectivity index (χ0) is 10.9. The first-order valence-electron chi connectivity index (χ1n) is 4.12. The number of ether oxygens (including phenoxy) is 1. The minimum atomic E-state index is -1.36. The summed E-state index contributed by atoms with van der Waals surface area (Å²) in [4.78, 5) is 0. The summed E-state index contributed by atoms with van der Waals surface area (Å²) in [5, 5.41) is 9.56. The van der Waals surface area contributed by atoms with Crippen molar-refractivity contribution in [1.82, 2.24) is 0 Å². The maximum Gasteiger partial charge on any atom is 0.190 e. The summed E-state index contributed by atoms with van der Waals surface area (Å²) in [6.07, 6.45) is 0. The fourth-order valence-corrected chi connectivity index (χ4v) is 1.19. The van der Waals surface area contributed by atoms with Crippen molar-refractivity contribution in [3.8, 4) is 5.75 Å². The van der Waals surface area contributed by atoms with E-state index in [1.807, 2.05) is 0 Å². The van der Waals surface area contributed by atoms with Crippen molar-refractivity contribution < 1.29 is 18.6 Å². The predicted molar refractivity (Wildman–Crippen MR) is 48.2 cm³/mol. The van der Waals surface area contributed by atoms with Gasteiger partial charge in [0.1, 0.15) is 0 Å². The fourth-order valence-electron chi connectivity index (χ4n) is 1.19. The summed E-state index contributed by atoms with van der Waals surface area (Å²) in [5.41, 5.74) is -1.35. The van der Waals surface area contributed by atoms with E-state index in [-0.39, 0.29) is 5.56 Å². The van der Waals surface area contributed by atoms with Crippen molar-refractivity contribution in [2.75, 3.05) is 7.11 Å².